The van der Waals surface area contributed by atoms with Crippen LogP contribution in [0.15, 0.2) is 35.9 Å². The Bertz CT molecular complexity index is 465. The van der Waals surface area contributed by atoms with Gasteiger partial charge in [0.25, 0.3) is 5.91 Å². The first-order chi connectivity index (χ1) is 8.72. The van der Waals surface area contributed by atoms with E-state index in [1.165, 1.54) is 5.57 Å². The molecular formula is C15H20N2O. The van der Waals surface area contributed by atoms with Gasteiger partial charge in [0.2, 0.25) is 0 Å². The molecule has 3 heteroatoms. The van der Waals surface area contributed by atoms with Gasteiger partial charge in [0, 0.05) is 18.7 Å². The molecule has 18 heavy (non-hydrogen) atoms. The molecule has 1 heterocycles. The van der Waals surface area contributed by atoms with E-state index in [1.54, 1.807) is 0 Å². The molecule has 1 aliphatic rings. The molecule has 0 saturated heterocycles. The van der Waals surface area contributed by atoms with Gasteiger partial charge < -0.3 is 10.6 Å². The molecule has 96 valence electrons. The molecule has 2 rings (SSSR count). The summed E-state index contributed by atoms with van der Waals surface area (Å²) < 4.78 is 0. The number of benzene rings is 1. The fourth-order valence-electron chi connectivity index (χ4n) is 2.36. The fourth-order valence-corrected chi connectivity index (χ4v) is 2.36. The van der Waals surface area contributed by atoms with Crippen molar-refractivity contribution in [1.29, 1.82) is 0 Å². The Hall–Kier alpha value is -1.61. The lowest BCUT2D eigenvalue weighted by Crippen LogP contribution is -2.36. The van der Waals surface area contributed by atoms with Crippen LogP contribution in [0.4, 0.5) is 0 Å². The van der Waals surface area contributed by atoms with E-state index in [0.29, 0.717) is 6.54 Å². The van der Waals surface area contributed by atoms with E-state index in [4.69, 9.17) is 5.73 Å². The normalized spacial score (nSPS) is 15.4. The third-order valence-corrected chi connectivity index (χ3v) is 3.28. The minimum Gasteiger partial charge on any atom is -0.334 e. The van der Waals surface area contributed by atoms with Crippen molar-refractivity contribution >= 4 is 5.91 Å². The SMILES string of the molecule is CC1=CCCN(C(=O)c2ccccc2CCN)C1. The van der Waals surface area contributed by atoms with E-state index in [1.807, 2.05) is 29.2 Å². The van der Waals surface area contributed by atoms with Crippen LogP contribution in [-0.4, -0.2) is 30.4 Å². The van der Waals surface area contributed by atoms with Crippen molar-refractivity contribution in [2.24, 2.45) is 5.73 Å². The lowest BCUT2D eigenvalue weighted by molar-refractivity contribution is 0.0765. The molecule has 3 nitrogen and oxygen atoms in total. The quantitative estimate of drug-likeness (QED) is 0.826. The fraction of sp³-hybridized carbons (Fsp3) is 0.400. The van der Waals surface area contributed by atoms with Crippen molar-refractivity contribution in [2.75, 3.05) is 19.6 Å². The second-order valence-electron chi connectivity index (χ2n) is 4.76. The summed E-state index contributed by atoms with van der Waals surface area (Å²) in [6, 6.07) is 7.77. The van der Waals surface area contributed by atoms with Crippen molar-refractivity contribution in [3.63, 3.8) is 0 Å². The zero-order valence-electron chi connectivity index (χ0n) is 10.9. The molecule has 0 saturated carbocycles. The smallest absolute Gasteiger partial charge is 0.254 e. The summed E-state index contributed by atoms with van der Waals surface area (Å²) in [5, 5.41) is 0. The van der Waals surface area contributed by atoms with E-state index in [-0.39, 0.29) is 5.91 Å². The zero-order valence-corrected chi connectivity index (χ0v) is 10.9. The first-order valence-electron chi connectivity index (χ1n) is 6.45. The van der Waals surface area contributed by atoms with Gasteiger partial charge in [0.1, 0.15) is 0 Å². The van der Waals surface area contributed by atoms with E-state index < -0.39 is 0 Å². The molecule has 0 unspecified atom stereocenters. The van der Waals surface area contributed by atoms with Gasteiger partial charge in [-0.25, -0.2) is 0 Å². The van der Waals surface area contributed by atoms with Crippen LogP contribution < -0.4 is 5.73 Å². The van der Waals surface area contributed by atoms with Gasteiger partial charge in [0.15, 0.2) is 0 Å². The Morgan fingerprint density at radius 3 is 2.89 bits per heavy atom. The first-order valence-corrected chi connectivity index (χ1v) is 6.45. The number of carbonyl (C=O) groups is 1. The van der Waals surface area contributed by atoms with Crippen LogP contribution in [-0.2, 0) is 6.42 Å². The Kier molecular flexibility index (Phi) is 4.15. The van der Waals surface area contributed by atoms with Crippen LogP contribution in [0.3, 0.4) is 0 Å². The zero-order chi connectivity index (χ0) is 13.0. The summed E-state index contributed by atoms with van der Waals surface area (Å²) in [5.74, 6) is 0.131. The Balaban J connectivity index is 2.20. The third-order valence-electron chi connectivity index (χ3n) is 3.28. The van der Waals surface area contributed by atoms with Gasteiger partial charge in [-0.05, 0) is 37.9 Å². The van der Waals surface area contributed by atoms with Crippen LogP contribution in [0.5, 0.6) is 0 Å². The molecule has 0 atom stereocenters. The minimum absolute atomic E-state index is 0.131. The number of amides is 1. The van der Waals surface area contributed by atoms with Gasteiger partial charge in [-0.1, -0.05) is 29.8 Å². The highest BCUT2D eigenvalue weighted by atomic mass is 16.2. The summed E-state index contributed by atoms with van der Waals surface area (Å²) in [5.41, 5.74) is 8.72. The first kappa shape index (κ1) is 12.8. The Labute approximate surface area is 108 Å². The minimum atomic E-state index is 0.131. The van der Waals surface area contributed by atoms with Gasteiger partial charge in [-0.3, -0.25) is 4.79 Å². The van der Waals surface area contributed by atoms with Crippen molar-refractivity contribution in [3.05, 3.63) is 47.0 Å². The summed E-state index contributed by atoms with van der Waals surface area (Å²) in [6.45, 7) is 4.21. The maximum Gasteiger partial charge on any atom is 0.254 e. The van der Waals surface area contributed by atoms with Crippen LogP contribution in [0.25, 0.3) is 0 Å². The third kappa shape index (κ3) is 2.79. The molecule has 0 spiro atoms. The van der Waals surface area contributed by atoms with E-state index >= 15 is 0 Å². The number of carbonyl (C=O) groups excluding carboxylic acids is 1. The van der Waals surface area contributed by atoms with E-state index in [9.17, 15) is 4.79 Å². The predicted molar refractivity (Wildman–Crippen MR) is 73.5 cm³/mol. The summed E-state index contributed by atoms with van der Waals surface area (Å²) in [4.78, 5) is 14.4. The topological polar surface area (TPSA) is 46.3 Å². The van der Waals surface area contributed by atoms with Crippen molar-refractivity contribution in [3.8, 4) is 0 Å². The lowest BCUT2D eigenvalue weighted by atomic mass is 10.0. The highest BCUT2D eigenvalue weighted by Gasteiger charge is 2.19. The molecule has 0 aromatic heterocycles. The summed E-state index contributed by atoms with van der Waals surface area (Å²) >= 11 is 0. The number of hydrogen-bond acceptors (Lipinski definition) is 2. The molecule has 0 radical (unpaired) electrons. The molecular weight excluding hydrogens is 224 g/mol. The number of rotatable bonds is 3. The van der Waals surface area contributed by atoms with Crippen molar-refractivity contribution in [1.82, 2.24) is 4.90 Å². The van der Waals surface area contributed by atoms with Gasteiger partial charge in [-0.15, -0.1) is 0 Å². The van der Waals surface area contributed by atoms with E-state index in [2.05, 4.69) is 13.0 Å². The maximum absolute atomic E-state index is 12.5. The second-order valence-corrected chi connectivity index (χ2v) is 4.76. The standard InChI is InChI=1S/C15H20N2O/c1-12-5-4-10-17(11-12)15(18)14-7-3-2-6-13(14)8-9-16/h2-3,5-7H,4,8-11,16H2,1H3. The monoisotopic (exact) mass is 244 g/mol. The van der Waals surface area contributed by atoms with Crippen LogP contribution >= 0.6 is 0 Å². The Morgan fingerprint density at radius 2 is 2.17 bits per heavy atom. The highest BCUT2D eigenvalue weighted by molar-refractivity contribution is 5.96. The van der Waals surface area contributed by atoms with Crippen LogP contribution in [0.1, 0.15) is 29.3 Å². The van der Waals surface area contributed by atoms with Crippen LogP contribution in [0, 0.1) is 0 Å². The van der Waals surface area contributed by atoms with Crippen molar-refractivity contribution in [2.45, 2.75) is 19.8 Å². The average molecular weight is 244 g/mol. The van der Waals surface area contributed by atoms with E-state index in [0.717, 1.165) is 37.1 Å². The molecule has 1 aromatic rings. The average Bonchev–Trinajstić information content (AvgIpc) is 2.39. The molecule has 0 fully saturated rings. The Morgan fingerprint density at radius 1 is 1.39 bits per heavy atom. The van der Waals surface area contributed by atoms with Crippen LogP contribution in [0.2, 0.25) is 0 Å². The molecule has 1 aromatic carbocycles. The number of hydrogen-bond donors (Lipinski definition) is 1. The summed E-state index contributed by atoms with van der Waals surface area (Å²) in [6.07, 6.45) is 3.91. The maximum atomic E-state index is 12.5. The lowest BCUT2D eigenvalue weighted by Gasteiger charge is -2.27. The predicted octanol–water partition coefficient (Wildman–Crippen LogP) is 1.98. The molecule has 2 N–H and O–H groups in total. The highest BCUT2D eigenvalue weighted by Crippen LogP contribution is 2.16. The molecule has 0 aliphatic carbocycles. The number of nitrogens with two attached hydrogens (primary N) is 1. The largest absolute Gasteiger partial charge is 0.334 e. The number of nitrogens with zero attached hydrogens (tertiary/aromatic N) is 1. The molecule has 1 amide bonds. The summed E-state index contributed by atoms with van der Waals surface area (Å²) in [7, 11) is 0. The van der Waals surface area contributed by atoms with Crippen molar-refractivity contribution < 1.29 is 4.79 Å². The van der Waals surface area contributed by atoms with Gasteiger partial charge in [-0.2, -0.15) is 0 Å². The molecule has 1 aliphatic heterocycles. The van der Waals surface area contributed by atoms with Gasteiger partial charge in [0.05, 0.1) is 0 Å². The second kappa shape index (κ2) is 5.83. The van der Waals surface area contributed by atoms with Gasteiger partial charge >= 0.3 is 0 Å². The molecule has 0 bridgehead atoms.